The van der Waals surface area contributed by atoms with Crippen molar-refractivity contribution >= 4 is 10.9 Å². The number of ether oxygens (including phenoxy) is 1. The van der Waals surface area contributed by atoms with Gasteiger partial charge in [0, 0.05) is 50.8 Å². The Morgan fingerprint density at radius 3 is 2.96 bits per heavy atom. The zero-order chi connectivity index (χ0) is 17.2. The van der Waals surface area contributed by atoms with Crippen molar-refractivity contribution in [1.29, 1.82) is 0 Å². The highest BCUT2D eigenvalue weighted by Crippen LogP contribution is 2.33. The lowest BCUT2D eigenvalue weighted by Crippen LogP contribution is -2.25. The van der Waals surface area contributed by atoms with Gasteiger partial charge in [-0.15, -0.1) is 0 Å². The van der Waals surface area contributed by atoms with Crippen LogP contribution < -0.4 is 5.32 Å². The summed E-state index contributed by atoms with van der Waals surface area (Å²) in [5, 5.41) is 13.9. The maximum Gasteiger partial charge on any atom is 0.103 e. The summed E-state index contributed by atoms with van der Waals surface area (Å²) in [7, 11) is 1.98. The summed E-state index contributed by atoms with van der Waals surface area (Å²) in [6.45, 7) is 5.53. The summed E-state index contributed by atoms with van der Waals surface area (Å²) < 4.78 is 9.95. The fourth-order valence-electron chi connectivity index (χ4n) is 3.78. The molecule has 0 saturated carbocycles. The van der Waals surface area contributed by atoms with E-state index in [4.69, 9.17) is 9.84 Å². The second kappa shape index (κ2) is 6.98. The third kappa shape index (κ3) is 3.07. The first-order chi connectivity index (χ1) is 12.3. The van der Waals surface area contributed by atoms with Gasteiger partial charge in [-0.2, -0.15) is 10.2 Å². The highest BCUT2D eigenvalue weighted by molar-refractivity contribution is 5.81. The van der Waals surface area contributed by atoms with E-state index in [2.05, 4.69) is 52.4 Å². The number of fused-ring (bicyclic) bond motifs is 1. The minimum Gasteiger partial charge on any atom is -0.372 e. The number of hydrogen-bond acceptors (Lipinski definition) is 4. The minimum absolute atomic E-state index is 0.130. The molecule has 0 radical (unpaired) electrons. The van der Waals surface area contributed by atoms with Crippen LogP contribution >= 0.6 is 0 Å². The van der Waals surface area contributed by atoms with Crippen LogP contribution in [0.25, 0.3) is 10.9 Å². The first-order valence-electron chi connectivity index (χ1n) is 9.02. The first-order valence-corrected chi connectivity index (χ1v) is 9.02. The quantitative estimate of drug-likeness (QED) is 0.750. The molecule has 6 heteroatoms. The number of nitrogens with one attached hydrogen (secondary N) is 1. The summed E-state index contributed by atoms with van der Waals surface area (Å²) in [5.41, 5.74) is 3.48. The molecule has 1 aromatic carbocycles. The fourth-order valence-corrected chi connectivity index (χ4v) is 3.78. The van der Waals surface area contributed by atoms with E-state index in [9.17, 15) is 0 Å². The number of nitrogens with zero attached hydrogens (tertiary/aromatic N) is 4. The average molecular weight is 339 g/mol. The van der Waals surface area contributed by atoms with Gasteiger partial charge in [-0.25, -0.2) is 0 Å². The van der Waals surface area contributed by atoms with E-state index in [-0.39, 0.29) is 6.10 Å². The number of hydrogen-bond donors (Lipinski definition) is 1. The molecule has 6 nitrogen and oxygen atoms in total. The summed E-state index contributed by atoms with van der Waals surface area (Å²) in [6, 6.07) is 10.5. The molecule has 1 fully saturated rings. The van der Waals surface area contributed by atoms with Gasteiger partial charge in [0.25, 0.3) is 0 Å². The Kier molecular flexibility index (Phi) is 4.55. The molecule has 3 heterocycles. The molecule has 2 atom stereocenters. The summed E-state index contributed by atoms with van der Waals surface area (Å²) in [5.74, 6) is 0.468. The van der Waals surface area contributed by atoms with E-state index in [0.29, 0.717) is 5.92 Å². The molecule has 3 aromatic rings. The highest BCUT2D eigenvalue weighted by atomic mass is 16.5. The molecular weight excluding hydrogens is 314 g/mol. The second-order valence-corrected chi connectivity index (χ2v) is 6.63. The van der Waals surface area contributed by atoms with Gasteiger partial charge < -0.3 is 10.1 Å². The predicted molar refractivity (Wildman–Crippen MR) is 97.1 cm³/mol. The van der Waals surface area contributed by atoms with E-state index in [1.807, 2.05) is 17.9 Å². The third-order valence-corrected chi connectivity index (χ3v) is 5.10. The van der Waals surface area contributed by atoms with Gasteiger partial charge in [-0.05, 0) is 25.5 Å². The predicted octanol–water partition coefficient (Wildman–Crippen LogP) is 2.66. The topological polar surface area (TPSA) is 56.9 Å². The van der Waals surface area contributed by atoms with Gasteiger partial charge in [0.1, 0.15) is 6.10 Å². The van der Waals surface area contributed by atoms with Crippen molar-refractivity contribution in [3.8, 4) is 0 Å². The van der Waals surface area contributed by atoms with Gasteiger partial charge in [0.05, 0.1) is 16.9 Å². The largest absolute Gasteiger partial charge is 0.372 e. The van der Waals surface area contributed by atoms with Crippen molar-refractivity contribution < 1.29 is 4.74 Å². The molecule has 0 aliphatic carbocycles. The first kappa shape index (κ1) is 16.3. The van der Waals surface area contributed by atoms with Crippen LogP contribution in [0, 0.1) is 5.92 Å². The van der Waals surface area contributed by atoms with E-state index < -0.39 is 0 Å². The van der Waals surface area contributed by atoms with Crippen LogP contribution in [-0.4, -0.2) is 32.7 Å². The van der Waals surface area contributed by atoms with E-state index in [0.717, 1.165) is 44.0 Å². The standard InChI is InChI=1S/C19H25N5O/c1-3-24-17-7-5-4-6-15(17)16(22-24)13-20-12-14-9-11-25-19(14)18-8-10-21-23(18)2/h4-8,10,14,19-20H,3,9,11-13H2,1-2H3/t14-,19+/m0/s1. The SMILES string of the molecule is CCn1nc(CNC[C@@H]2CCO[C@H]2c2ccnn2C)c2ccccc21. The Morgan fingerprint density at radius 1 is 1.28 bits per heavy atom. The molecule has 1 aliphatic rings. The molecule has 0 spiro atoms. The number of aryl methyl sites for hydroxylation is 2. The molecule has 25 heavy (non-hydrogen) atoms. The second-order valence-electron chi connectivity index (χ2n) is 6.63. The maximum atomic E-state index is 5.96. The lowest BCUT2D eigenvalue weighted by atomic mass is 9.99. The van der Waals surface area contributed by atoms with Crippen molar-refractivity contribution in [3.63, 3.8) is 0 Å². The third-order valence-electron chi connectivity index (χ3n) is 5.10. The van der Waals surface area contributed by atoms with Crippen LogP contribution in [0.4, 0.5) is 0 Å². The molecule has 0 unspecified atom stereocenters. The molecule has 1 aliphatic heterocycles. The zero-order valence-electron chi connectivity index (χ0n) is 14.9. The average Bonchev–Trinajstić information content (AvgIpc) is 3.34. The Labute approximate surface area is 147 Å². The van der Waals surface area contributed by atoms with E-state index >= 15 is 0 Å². The summed E-state index contributed by atoms with van der Waals surface area (Å²) in [6.07, 6.45) is 3.04. The molecule has 1 N–H and O–H groups in total. The van der Waals surface area contributed by atoms with Crippen LogP contribution in [0.2, 0.25) is 0 Å². The summed E-state index contributed by atoms with van der Waals surface area (Å²) >= 11 is 0. The van der Waals surface area contributed by atoms with Crippen LogP contribution in [0.5, 0.6) is 0 Å². The minimum atomic E-state index is 0.130. The van der Waals surface area contributed by atoms with Crippen LogP contribution in [0.15, 0.2) is 36.5 Å². The van der Waals surface area contributed by atoms with Crippen molar-refractivity contribution in [2.75, 3.05) is 13.2 Å². The highest BCUT2D eigenvalue weighted by Gasteiger charge is 2.31. The Balaban J connectivity index is 1.43. The van der Waals surface area contributed by atoms with Gasteiger partial charge in [-0.3, -0.25) is 9.36 Å². The molecule has 0 bridgehead atoms. The fraction of sp³-hybridized carbons (Fsp3) is 0.474. The normalized spacial score (nSPS) is 20.6. The van der Waals surface area contributed by atoms with Crippen LogP contribution in [0.1, 0.15) is 30.8 Å². The van der Waals surface area contributed by atoms with Crippen LogP contribution in [-0.2, 0) is 24.9 Å². The Morgan fingerprint density at radius 2 is 2.16 bits per heavy atom. The van der Waals surface area contributed by atoms with Gasteiger partial charge in [-0.1, -0.05) is 18.2 Å². The molecule has 2 aromatic heterocycles. The number of aromatic nitrogens is 4. The lowest BCUT2D eigenvalue weighted by molar-refractivity contribution is 0.0837. The number of rotatable bonds is 6. The Bertz CT molecular complexity index is 852. The van der Waals surface area contributed by atoms with Crippen molar-refractivity contribution in [2.24, 2.45) is 13.0 Å². The van der Waals surface area contributed by atoms with E-state index in [1.165, 1.54) is 10.9 Å². The van der Waals surface area contributed by atoms with Gasteiger partial charge >= 0.3 is 0 Å². The maximum absolute atomic E-state index is 5.96. The summed E-state index contributed by atoms with van der Waals surface area (Å²) in [4.78, 5) is 0. The van der Waals surface area contributed by atoms with Crippen molar-refractivity contribution in [2.45, 2.75) is 32.5 Å². The van der Waals surface area contributed by atoms with Crippen LogP contribution in [0.3, 0.4) is 0 Å². The molecule has 1 saturated heterocycles. The number of benzene rings is 1. The van der Waals surface area contributed by atoms with Gasteiger partial charge in [0.2, 0.25) is 0 Å². The monoisotopic (exact) mass is 339 g/mol. The smallest absolute Gasteiger partial charge is 0.103 e. The van der Waals surface area contributed by atoms with Crippen molar-refractivity contribution in [3.05, 3.63) is 47.9 Å². The molecule has 132 valence electrons. The van der Waals surface area contributed by atoms with Gasteiger partial charge in [0.15, 0.2) is 0 Å². The molecule has 0 amide bonds. The van der Waals surface area contributed by atoms with E-state index in [1.54, 1.807) is 0 Å². The number of para-hydroxylation sites is 1. The lowest BCUT2D eigenvalue weighted by Gasteiger charge is -2.19. The molecular formula is C19H25N5O. The van der Waals surface area contributed by atoms with Crippen molar-refractivity contribution in [1.82, 2.24) is 24.9 Å². The Hall–Kier alpha value is -2.18. The molecule has 4 rings (SSSR count). The zero-order valence-corrected chi connectivity index (χ0v) is 14.9.